The van der Waals surface area contributed by atoms with Gasteiger partial charge in [0.25, 0.3) is 0 Å². The van der Waals surface area contributed by atoms with Gasteiger partial charge in [-0.15, -0.1) is 6.58 Å². The predicted octanol–water partition coefficient (Wildman–Crippen LogP) is 2.84. The van der Waals surface area contributed by atoms with Gasteiger partial charge in [-0.1, -0.05) is 18.2 Å². The van der Waals surface area contributed by atoms with Gasteiger partial charge in [-0.3, -0.25) is 9.69 Å². The van der Waals surface area contributed by atoms with Crippen LogP contribution in [0.15, 0.2) is 36.9 Å². The average Bonchev–Trinajstić information content (AvgIpc) is 2.32. The van der Waals surface area contributed by atoms with Crippen molar-refractivity contribution in [2.75, 3.05) is 19.7 Å². The Morgan fingerprint density at radius 2 is 2.11 bits per heavy atom. The Bertz CT molecular complexity index is 389. The summed E-state index contributed by atoms with van der Waals surface area (Å²) in [6.07, 6.45) is 1.80. The summed E-state index contributed by atoms with van der Waals surface area (Å²) in [5.41, 5.74) is 1.18. The van der Waals surface area contributed by atoms with Crippen LogP contribution in [-0.2, 0) is 16.1 Å². The molecule has 0 aliphatic rings. The minimum Gasteiger partial charge on any atom is -0.465 e. The topological polar surface area (TPSA) is 29.5 Å². The maximum Gasteiger partial charge on any atom is 0.320 e. The van der Waals surface area contributed by atoms with Crippen LogP contribution in [0.25, 0.3) is 0 Å². The second kappa shape index (κ2) is 8.26. The minimum absolute atomic E-state index is 0.190. The summed E-state index contributed by atoms with van der Waals surface area (Å²) in [6, 6.07) is 8.27. The molecule has 0 aromatic heterocycles. The molecule has 0 heterocycles. The number of hydrogen-bond donors (Lipinski definition) is 0. The summed E-state index contributed by atoms with van der Waals surface area (Å²) in [5.74, 6) is -0.190. The van der Waals surface area contributed by atoms with Crippen LogP contribution in [-0.4, -0.2) is 30.6 Å². The van der Waals surface area contributed by atoms with Gasteiger partial charge in [0.15, 0.2) is 0 Å². The summed E-state index contributed by atoms with van der Waals surface area (Å²) in [7, 11) is 0. The van der Waals surface area contributed by atoms with Crippen molar-refractivity contribution in [1.29, 1.82) is 0 Å². The Kier molecular flexibility index (Phi) is 6.97. The number of benzene rings is 1. The molecule has 0 amide bonds. The Hall–Kier alpha value is -0.880. The second-order valence-corrected chi connectivity index (χ2v) is 5.14. The maximum atomic E-state index is 11.5. The van der Waals surface area contributed by atoms with E-state index in [4.69, 9.17) is 4.74 Å². The zero-order valence-electron chi connectivity index (χ0n) is 10.6. The Labute approximate surface area is 122 Å². The number of carbonyl (C=O) groups is 1. The van der Waals surface area contributed by atoms with Crippen molar-refractivity contribution in [3.63, 3.8) is 0 Å². The van der Waals surface area contributed by atoms with Crippen LogP contribution < -0.4 is 0 Å². The van der Waals surface area contributed by atoms with E-state index in [1.165, 1.54) is 9.13 Å². The van der Waals surface area contributed by atoms with Gasteiger partial charge >= 0.3 is 5.97 Å². The van der Waals surface area contributed by atoms with Gasteiger partial charge in [-0.25, -0.2) is 0 Å². The second-order valence-electron chi connectivity index (χ2n) is 3.89. The van der Waals surface area contributed by atoms with Gasteiger partial charge in [0.2, 0.25) is 0 Å². The molecule has 0 atom stereocenters. The van der Waals surface area contributed by atoms with Gasteiger partial charge < -0.3 is 4.74 Å². The third-order valence-corrected chi connectivity index (χ3v) is 3.08. The molecule has 0 saturated heterocycles. The summed E-state index contributed by atoms with van der Waals surface area (Å²) < 4.78 is 6.16. The van der Waals surface area contributed by atoms with E-state index < -0.39 is 0 Å². The van der Waals surface area contributed by atoms with Crippen molar-refractivity contribution in [2.24, 2.45) is 0 Å². The fourth-order valence-corrected chi connectivity index (χ4v) is 1.96. The summed E-state index contributed by atoms with van der Waals surface area (Å²) in [5, 5.41) is 0. The standard InChI is InChI=1S/C14H18INO2/c1-3-9-16(11-14(17)18-4-2)10-12-5-7-13(15)8-6-12/h3,5-8H,1,4,9-11H2,2H3. The van der Waals surface area contributed by atoms with E-state index in [-0.39, 0.29) is 5.97 Å². The highest BCUT2D eigenvalue weighted by Crippen LogP contribution is 2.09. The van der Waals surface area contributed by atoms with Crippen LogP contribution in [0.1, 0.15) is 12.5 Å². The number of ether oxygens (including phenoxy) is 1. The molecule has 98 valence electrons. The first-order valence-corrected chi connectivity index (χ1v) is 6.97. The Balaban J connectivity index is 2.59. The molecule has 0 N–H and O–H groups in total. The van der Waals surface area contributed by atoms with E-state index in [2.05, 4.69) is 53.4 Å². The first-order chi connectivity index (χ1) is 8.65. The van der Waals surface area contributed by atoms with Gasteiger partial charge in [0.05, 0.1) is 13.2 Å². The molecular weight excluding hydrogens is 341 g/mol. The van der Waals surface area contributed by atoms with Gasteiger partial charge in [0, 0.05) is 16.7 Å². The monoisotopic (exact) mass is 359 g/mol. The number of halogens is 1. The van der Waals surface area contributed by atoms with Gasteiger partial charge in [0.1, 0.15) is 0 Å². The lowest BCUT2D eigenvalue weighted by molar-refractivity contribution is -0.144. The quantitative estimate of drug-likeness (QED) is 0.426. The molecule has 3 nitrogen and oxygen atoms in total. The van der Waals surface area contributed by atoms with Crippen LogP contribution in [0.4, 0.5) is 0 Å². The first kappa shape index (κ1) is 15.2. The summed E-state index contributed by atoms with van der Waals surface area (Å²) >= 11 is 2.27. The smallest absolute Gasteiger partial charge is 0.320 e. The van der Waals surface area contributed by atoms with Crippen molar-refractivity contribution in [3.05, 3.63) is 46.1 Å². The number of carbonyl (C=O) groups excluding carboxylic acids is 1. The van der Waals surface area contributed by atoms with E-state index in [1.54, 1.807) is 6.08 Å². The molecule has 0 fully saturated rings. The number of rotatable bonds is 7. The van der Waals surface area contributed by atoms with Crippen LogP contribution in [0, 0.1) is 3.57 Å². The number of esters is 1. The zero-order chi connectivity index (χ0) is 13.4. The first-order valence-electron chi connectivity index (χ1n) is 5.89. The molecule has 0 radical (unpaired) electrons. The molecule has 0 aliphatic heterocycles. The third-order valence-electron chi connectivity index (χ3n) is 2.36. The van der Waals surface area contributed by atoms with Gasteiger partial charge in [-0.05, 0) is 47.2 Å². The molecule has 0 bridgehead atoms. The molecule has 0 unspecified atom stereocenters. The van der Waals surface area contributed by atoms with E-state index in [9.17, 15) is 4.79 Å². The lowest BCUT2D eigenvalue weighted by Gasteiger charge is -2.19. The van der Waals surface area contributed by atoms with Crippen molar-refractivity contribution in [1.82, 2.24) is 4.90 Å². The molecular formula is C14H18INO2. The lowest BCUT2D eigenvalue weighted by Crippen LogP contribution is -2.30. The largest absolute Gasteiger partial charge is 0.465 e. The highest BCUT2D eigenvalue weighted by molar-refractivity contribution is 14.1. The Morgan fingerprint density at radius 1 is 1.44 bits per heavy atom. The van der Waals surface area contributed by atoms with Gasteiger partial charge in [-0.2, -0.15) is 0 Å². The highest BCUT2D eigenvalue weighted by atomic mass is 127. The van der Waals surface area contributed by atoms with Crippen molar-refractivity contribution in [2.45, 2.75) is 13.5 Å². The maximum absolute atomic E-state index is 11.5. The van der Waals surface area contributed by atoms with E-state index >= 15 is 0 Å². The fraction of sp³-hybridized carbons (Fsp3) is 0.357. The molecule has 0 saturated carbocycles. The van der Waals surface area contributed by atoms with E-state index in [0.29, 0.717) is 19.7 Å². The zero-order valence-corrected chi connectivity index (χ0v) is 12.7. The van der Waals surface area contributed by atoms with Crippen LogP contribution in [0.2, 0.25) is 0 Å². The summed E-state index contributed by atoms with van der Waals surface area (Å²) in [6.45, 7) is 7.64. The number of nitrogens with zero attached hydrogens (tertiary/aromatic N) is 1. The molecule has 18 heavy (non-hydrogen) atoms. The lowest BCUT2D eigenvalue weighted by atomic mass is 10.2. The van der Waals surface area contributed by atoms with E-state index in [1.807, 2.05) is 11.8 Å². The highest BCUT2D eigenvalue weighted by Gasteiger charge is 2.10. The molecule has 1 aromatic carbocycles. The normalized spacial score (nSPS) is 10.4. The van der Waals surface area contributed by atoms with Crippen molar-refractivity contribution >= 4 is 28.6 Å². The third kappa shape index (κ3) is 5.64. The molecule has 4 heteroatoms. The van der Waals surface area contributed by atoms with Crippen LogP contribution in [0.5, 0.6) is 0 Å². The van der Waals surface area contributed by atoms with E-state index in [0.717, 1.165) is 6.54 Å². The van der Waals surface area contributed by atoms with Crippen molar-refractivity contribution in [3.8, 4) is 0 Å². The molecule has 0 aliphatic carbocycles. The molecule has 0 spiro atoms. The predicted molar refractivity (Wildman–Crippen MR) is 81.3 cm³/mol. The Morgan fingerprint density at radius 3 is 2.67 bits per heavy atom. The van der Waals surface area contributed by atoms with Crippen molar-refractivity contribution < 1.29 is 9.53 Å². The summed E-state index contributed by atoms with van der Waals surface area (Å²) in [4.78, 5) is 13.5. The minimum atomic E-state index is -0.190. The SMILES string of the molecule is C=CCN(CC(=O)OCC)Cc1ccc(I)cc1. The van der Waals surface area contributed by atoms with Crippen LogP contribution >= 0.6 is 22.6 Å². The molecule has 1 aromatic rings. The number of hydrogen-bond acceptors (Lipinski definition) is 3. The average molecular weight is 359 g/mol. The van der Waals surface area contributed by atoms with Crippen LogP contribution in [0.3, 0.4) is 0 Å². The molecule has 1 rings (SSSR count). The fourth-order valence-electron chi connectivity index (χ4n) is 1.60.